The third-order valence-corrected chi connectivity index (χ3v) is 4.14. The molecular weight excluding hydrogens is 312 g/mol. The zero-order chi connectivity index (χ0) is 15.4. The van der Waals surface area contributed by atoms with Crippen LogP contribution in [-0.4, -0.2) is 33.5 Å². The second kappa shape index (κ2) is 6.87. The van der Waals surface area contributed by atoms with Crippen LogP contribution in [0.25, 0.3) is 5.69 Å². The number of imidazole rings is 1. The largest absolute Gasteiger partial charge is 0.497 e. The number of ether oxygens (including phenoxy) is 1. The maximum Gasteiger partial charge on any atom is 0.313 e. The van der Waals surface area contributed by atoms with Crippen molar-refractivity contribution in [2.24, 2.45) is 0 Å². The number of methoxy groups -OCH3 is 1. The molecule has 0 aliphatic rings. The highest BCUT2D eigenvalue weighted by atomic mass is 35.5. The fourth-order valence-electron chi connectivity index (χ4n) is 1.89. The molecule has 0 fully saturated rings. The molecule has 1 aromatic heterocycles. The van der Waals surface area contributed by atoms with Crippen molar-refractivity contribution < 1.29 is 14.6 Å². The Hall–Kier alpha value is -1.66. The highest BCUT2D eigenvalue weighted by Gasteiger charge is 2.15. The zero-order valence-corrected chi connectivity index (χ0v) is 13.2. The molecule has 21 heavy (non-hydrogen) atoms. The van der Waals surface area contributed by atoms with Crippen LogP contribution in [0.4, 0.5) is 0 Å². The molecule has 0 atom stereocenters. The number of hydrogen-bond donors (Lipinski definition) is 1. The second-order valence-corrected chi connectivity index (χ2v) is 5.57. The Morgan fingerprint density at radius 3 is 2.90 bits per heavy atom. The first kappa shape index (κ1) is 15.7. The summed E-state index contributed by atoms with van der Waals surface area (Å²) in [5.74, 6) is -0.259. The van der Waals surface area contributed by atoms with Crippen LogP contribution >= 0.6 is 23.4 Å². The molecule has 0 saturated heterocycles. The Morgan fingerprint density at radius 2 is 2.29 bits per heavy atom. The molecule has 0 amide bonds. The topological polar surface area (TPSA) is 64.3 Å². The lowest BCUT2D eigenvalue weighted by molar-refractivity contribution is -0.133. The van der Waals surface area contributed by atoms with Gasteiger partial charge < -0.3 is 9.84 Å². The molecule has 0 unspecified atom stereocenters. The maximum atomic E-state index is 10.8. The van der Waals surface area contributed by atoms with Crippen LogP contribution in [0.2, 0.25) is 5.02 Å². The molecular formula is C14H15ClN2O3S. The van der Waals surface area contributed by atoms with Crippen LogP contribution in [0.15, 0.2) is 29.6 Å². The fourth-order valence-corrected chi connectivity index (χ4v) is 2.82. The number of aromatic nitrogens is 2. The number of thioether (sulfide) groups is 1. The number of carbonyl (C=O) groups is 1. The first-order chi connectivity index (χ1) is 10.1. The van der Waals surface area contributed by atoms with Gasteiger partial charge in [0, 0.05) is 18.0 Å². The number of benzene rings is 1. The number of hydrogen-bond acceptors (Lipinski definition) is 4. The van der Waals surface area contributed by atoms with E-state index in [1.165, 1.54) is 0 Å². The van der Waals surface area contributed by atoms with E-state index in [4.69, 9.17) is 21.4 Å². The molecule has 1 heterocycles. The number of nitrogens with zero attached hydrogens (tertiary/aromatic N) is 2. The summed E-state index contributed by atoms with van der Waals surface area (Å²) in [4.78, 5) is 15.1. The summed E-state index contributed by atoms with van der Waals surface area (Å²) in [5, 5.41) is 9.99. The van der Waals surface area contributed by atoms with E-state index in [-0.39, 0.29) is 5.75 Å². The van der Waals surface area contributed by atoms with Crippen LogP contribution in [-0.2, 0) is 11.2 Å². The third-order valence-electron chi connectivity index (χ3n) is 2.88. The van der Waals surface area contributed by atoms with E-state index >= 15 is 0 Å². The molecule has 0 radical (unpaired) electrons. The summed E-state index contributed by atoms with van der Waals surface area (Å²) in [5.41, 5.74) is 1.69. The van der Waals surface area contributed by atoms with E-state index in [0.29, 0.717) is 15.9 Å². The predicted molar refractivity (Wildman–Crippen MR) is 82.9 cm³/mol. The summed E-state index contributed by atoms with van der Waals surface area (Å²) in [6.45, 7) is 2.01. The molecule has 0 spiro atoms. The van der Waals surface area contributed by atoms with E-state index in [1.807, 2.05) is 17.6 Å². The Balaban J connectivity index is 2.50. The molecule has 0 bridgehead atoms. The van der Waals surface area contributed by atoms with Gasteiger partial charge in [0.2, 0.25) is 0 Å². The van der Waals surface area contributed by atoms with Crippen LogP contribution in [0.3, 0.4) is 0 Å². The molecule has 7 heteroatoms. The highest BCUT2D eigenvalue weighted by Crippen LogP contribution is 2.31. The molecule has 0 saturated carbocycles. The van der Waals surface area contributed by atoms with E-state index in [9.17, 15) is 4.79 Å². The van der Waals surface area contributed by atoms with Gasteiger partial charge in [0.1, 0.15) is 5.75 Å². The molecule has 5 nitrogen and oxygen atoms in total. The van der Waals surface area contributed by atoms with Gasteiger partial charge in [-0.3, -0.25) is 9.36 Å². The van der Waals surface area contributed by atoms with E-state index < -0.39 is 5.97 Å². The Bertz CT molecular complexity index is 658. The monoisotopic (exact) mass is 326 g/mol. The van der Waals surface area contributed by atoms with Gasteiger partial charge >= 0.3 is 5.97 Å². The fraction of sp³-hybridized carbons (Fsp3) is 0.286. The van der Waals surface area contributed by atoms with Crippen molar-refractivity contribution in [3.05, 3.63) is 35.1 Å². The minimum atomic E-state index is -0.885. The van der Waals surface area contributed by atoms with Crippen molar-refractivity contribution in [3.63, 3.8) is 0 Å². The molecule has 2 aromatic rings. The summed E-state index contributed by atoms with van der Waals surface area (Å²) < 4.78 is 7.10. The number of aryl methyl sites for hydroxylation is 1. The highest BCUT2D eigenvalue weighted by molar-refractivity contribution is 7.99. The molecule has 0 aliphatic carbocycles. The third kappa shape index (κ3) is 3.51. The Morgan fingerprint density at radius 1 is 1.52 bits per heavy atom. The number of halogens is 1. The minimum absolute atomic E-state index is 0.0538. The van der Waals surface area contributed by atoms with E-state index in [2.05, 4.69) is 4.98 Å². The van der Waals surface area contributed by atoms with Crippen molar-refractivity contribution >= 4 is 29.3 Å². The maximum absolute atomic E-state index is 10.8. The first-order valence-electron chi connectivity index (χ1n) is 6.32. The van der Waals surface area contributed by atoms with Crippen molar-refractivity contribution in [1.29, 1.82) is 0 Å². The van der Waals surface area contributed by atoms with Gasteiger partial charge in [0.25, 0.3) is 0 Å². The van der Waals surface area contributed by atoms with Crippen LogP contribution in [0.1, 0.15) is 12.6 Å². The van der Waals surface area contributed by atoms with Crippen molar-refractivity contribution in [3.8, 4) is 11.4 Å². The predicted octanol–water partition coefficient (Wildman–Crippen LogP) is 3.27. The average molecular weight is 327 g/mol. The second-order valence-electron chi connectivity index (χ2n) is 4.22. The van der Waals surface area contributed by atoms with Gasteiger partial charge in [0.05, 0.1) is 23.6 Å². The molecule has 1 aromatic carbocycles. The van der Waals surface area contributed by atoms with Gasteiger partial charge in [-0.1, -0.05) is 30.3 Å². The molecule has 1 N–H and O–H groups in total. The van der Waals surface area contributed by atoms with E-state index in [1.54, 1.807) is 25.4 Å². The van der Waals surface area contributed by atoms with Crippen LogP contribution < -0.4 is 4.74 Å². The summed E-state index contributed by atoms with van der Waals surface area (Å²) in [7, 11) is 1.59. The Labute approximate surface area is 131 Å². The lowest BCUT2D eigenvalue weighted by Crippen LogP contribution is -2.05. The minimum Gasteiger partial charge on any atom is -0.497 e. The normalized spacial score (nSPS) is 10.6. The number of aliphatic carboxylic acids is 1. The van der Waals surface area contributed by atoms with Gasteiger partial charge in [-0.25, -0.2) is 4.98 Å². The van der Waals surface area contributed by atoms with Crippen LogP contribution in [0, 0.1) is 0 Å². The standard InChI is InChI=1S/C14H15ClN2O3S/c1-3-9-7-16-14(21-8-13(18)19)17(9)12-6-10(20-2)4-5-11(12)15/h4-7H,3,8H2,1-2H3,(H,18,19). The average Bonchev–Trinajstić information content (AvgIpc) is 2.88. The number of carboxylic acids is 1. The molecule has 112 valence electrons. The SMILES string of the molecule is CCc1cnc(SCC(=O)O)n1-c1cc(OC)ccc1Cl. The molecule has 2 rings (SSSR count). The van der Waals surface area contributed by atoms with Crippen molar-refractivity contribution in [2.45, 2.75) is 18.5 Å². The summed E-state index contributed by atoms with van der Waals surface area (Å²) in [6.07, 6.45) is 2.49. The number of carboxylic acid groups (broad SMARTS) is 1. The lowest BCUT2D eigenvalue weighted by Gasteiger charge is -2.13. The first-order valence-corrected chi connectivity index (χ1v) is 7.68. The summed E-state index contributed by atoms with van der Waals surface area (Å²) >= 11 is 7.44. The van der Waals surface area contributed by atoms with Gasteiger partial charge in [-0.15, -0.1) is 0 Å². The van der Waals surface area contributed by atoms with Crippen molar-refractivity contribution in [2.75, 3.05) is 12.9 Å². The smallest absolute Gasteiger partial charge is 0.313 e. The van der Waals surface area contributed by atoms with Crippen molar-refractivity contribution in [1.82, 2.24) is 9.55 Å². The summed E-state index contributed by atoms with van der Waals surface area (Å²) in [6, 6.07) is 5.34. The lowest BCUT2D eigenvalue weighted by atomic mass is 10.2. The van der Waals surface area contributed by atoms with Gasteiger partial charge in [-0.05, 0) is 18.6 Å². The quantitative estimate of drug-likeness (QED) is 0.825. The van der Waals surface area contributed by atoms with Gasteiger partial charge in [0.15, 0.2) is 5.16 Å². The Kier molecular flexibility index (Phi) is 5.14. The molecule has 0 aliphatic heterocycles. The van der Waals surface area contributed by atoms with Gasteiger partial charge in [-0.2, -0.15) is 0 Å². The van der Waals surface area contributed by atoms with Crippen LogP contribution in [0.5, 0.6) is 5.75 Å². The zero-order valence-electron chi connectivity index (χ0n) is 11.7. The number of rotatable bonds is 6. The van der Waals surface area contributed by atoms with E-state index in [0.717, 1.165) is 29.6 Å².